The van der Waals surface area contributed by atoms with Gasteiger partial charge in [-0.2, -0.15) is 4.98 Å². The molecule has 20 heavy (non-hydrogen) atoms. The number of H-pyrrole nitrogens is 1. The summed E-state index contributed by atoms with van der Waals surface area (Å²) in [6, 6.07) is 3.81. The Morgan fingerprint density at radius 1 is 1.40 bits per heavy atom. The molecule has 3 aromatic rings. The van der Waals surface area contributed by atoms with Crippen LogP contribution in [-0.4, -0.2) is 26.6 Å². The van der Waals surface area contributed by atoms with Crippen LogP contribution in [0, 0.1) is 11.7 Å². The summed E-state index contributed by atoms with van der Waals surface area (Å²) in [5, 5.41) is 0. The first-order chi connectivity index (χ1) is 9.61. The summed E-state index contributed by atoms with van der Waals surface area (Å²) < 4.78 is 13.3. The van der Waals surface area contributed by atoms with Crippen molar-refractivity contribution in [2.24, 2.45) is 0 Å². The maximum absolute atomic E-state index is 5.67. The number of furan rings is 1. The third-order valence-electron chi connectivity index (χ3n) is 3.22. The Balaban J connectivity index is 2.21. The number of methoxy groups -OCH3 is 1. The Morgan fingerprint density at radius 2 is 2.20 bits per heavy atom. The van der Waals surface area contributed by atoms with Gasteiger partial charge in [-0.05, 0) is 38.2 Å². The summed E-state index contributed by atoms with van der Waals surface area (Å²) in [6.07, 6.45) is 1.46. The lowest BCUT2D eigenvalue weighted by atomic mass is 10.2. The number of imidazole rings is 1. The Kier molecular flexibility index (Phi) is 3.06. The molecule has 0 spiro atoms. The number of fused-ring (bicyclic) bond motifs is 1. The molecule has 0 aliphatic heterocycles. The molecule has 0 aromatic carbocycles. The molecule has 0 aliphatic rings. The highest BCUT2D eigenvalue weighted by Gasteiger charge is 2.19. The maximum Gasteiger partial charge on any atom is 0.242 e. The lowest BCUT2D eigenvalue weighted by molar-refractivity contribution is 0.401. The zero-order valence-corrected chi connectivity index (χ0v) is 12.2. The molecule has 1 unspecified atom stereocenters. The number of nitrogens with one attached hydrogen (secondary N) is 1. The predicted octanol–water partition coefficient (Wildman–Crippen LogP) is 3.01. The van der Waals surface area contributed by atoms with Crippen LogP contribution in [0.25, 0.3) is 11.2 Å². The van der Waals surface area contributed by atoms with E-state index in [4.69, 9.17) is 21.4 Å². The Morgan fingerprint density at radius 3 is 2.85 bits per heavy atom. The molecule has 7 heteroatoms. The van der Waals surface area contributed by atoms with Crippen LogP contribution in [0.4, 0.5) is 0 Å². The molecule has 0 aliphatic carbocycles. The first-order valence-corrected chi connectivity index (χ1v) is 6.58. The average molecular weight is 290 g/mol. The van der Waals surface area contributed by atoms with Crippen LogP contribution in [-0.2, 0) is 0 Å². The number of hydrogen-bond acceptors (Lipinski definition) is 5. The summed E-state index contributed by atoms with van der Waals surface area (Å²) in [6.45, 7) is 3.92. The first kappa shape index (κ1) is 12.9. The van der Waals surface area contributed by atoms with Crippen molar-refractivity contribution < 1.29 is 9.15 Å². The van der Waals surface area contributed by atoms with E-state index in [-0.39, 0.29) is 6.04 Å². The van der Waals surface area contributed by atoms with Crippen molar-refractivity contribution in [2.45, 2.75) is 19.9 Å². The van der Waals surface area contributed by atoms with Gasteiger partial charge in [-0.1, -0.05) is 0 Å². The molecule has 104 valence electrons. The van der Waals surface area contributed by atoms with E-state index in [9.17, 15) is 0 Å². The number of aromatic nitrogens is 4. The third kappa shape index (κ3) is 1.90. The minimum absolute atomic E-state index is 0.0652. The molecular weight excluding hydrogens is 276 g/mol. The molecule has 0 bridgehead atoms. The van der Waals surface area contributed by atoms with E-state index in [2.05, 4.69) is 15.0 Å². The fraction of sp³-hybridized carbons (Fsp3) is 0.308. The minimum Gasteiger partial charge on any atom is -0.479 e. The van der Waals surface area contributed by atoms with Crippen LogP contribution in [0.3, 0.4) is 0 Å². The molecule has 1 N–H and O–H groups in total. The molecule has 0 saturated carbocycles. The molecule has 3 heterocycles. The fourth-order valence-electron chi connectivity index (χ4n) is 2.24. The summed E-state index contributed by atoms with van der Waals surface area (Å²) in [5.74, 6) is 2.17. The van der Waals surface area contributed by atoms with Crippen molar-refractivity contribution in [2.75, 3.05) is 7.11 Å². The summed E-state index contributed by atoms with van der Waals surface area (Å²) in [4.78, 5) is 11.5. The zero-order valence-electron chi connectivity index (χ0n) is 11.4. The number of aromatic amines is 1. The van der Waals surface area contributed by atoms with Gasteiger partial charge in [0.2, 0.25) is 5.88 Å². The van der Waals surface area contributed by atoms with E-state index >= 15 is 0 Å². The van der Waals surface area contributed by atoms with Crippen LogP contribution in [0.15, 0.2) is 22.9 Å². The lowest BCUT2D eigenvalue weighted by Crippen LogP contribution is -2.07. The van der Waals surface area contributed by atoms with Gasteiger partial charge in [0.05, 0.1) is 13.2 Å². The van der Waals surface area contributed by atoms with Crippen molar-refractivity contribution >= 4 is 23.4 Å². The molecule has 1 atom stereocenters. The van der Waals surface area contributed by atoms with Gasteiger partial charge < -0.3 is 14.1 Å². The van der Waals surface area contributed by atoms with Crippen molar-refractivity contribution in [1.82, 2.24) is 19.5 Å². The number of nitrogens with zero attached hydrogens (tertiary/aromatic N) is 3. The topological polar surface area (TPSA) is 68.9 Å². The van der Waals surface area contributed by atoms with E-state index in [0.29, 0.717) is 21.8 Å². The van der Waals surface area contributed by atoms with Gasteiger partial charge in [-0.3, -0.25) is 4.57 Å². The van der Waals surface area contributed by atoms with Gasteiger partial charge in [0, 0.05) is 0 Å². The van der Waals surface area contributed by atoms with E-state index in [1.165, 1.54) is 6.33 Å². The smallest absolute Gasteiger partial charge is 0.242 e. The van der Waals surface area contributed by atoms with Gasteiger partial charge in [-0.25, -0.2) is 4.98 Å². The number of hydrogen-bond donors (Lipinski definition) is 1. The number of rotatable bonds is 3. The number of aryl methyl sites for hydroxylation is 1. The molecular formula is C13H14N4O2S. The SMILES string of the molecule is COc1ncnc2c1[nH]c(=S)n2C(C)c1ccc(C)o1. The summed E-state index contributed by atoms with van der Waals surface area (Å²) >= 11 is 5.39. The van der Waals surface area contributed by atoms with Crippen LogP contribution in [0.1, 0.15) is 24.5 Å². The van der Waals surface area contributed by atoms with Crippen molar-refractivity contribution in [1.29, 1.82) is 0 Å². The van der Waals surface area contributed by atoms with Crippen LogP contribution >= 0.6 is 12.2 Å². The van der Waals surface area contributed by atoms with Gasteiger partial charge in [0.1, 0.15) is 23.4 Å². The third-order valence-corrected chi connectivity index (χ3v) is 3.52. The maximum atomic E-state index is 5.67. The zero-order chi connectivity index (χ0) is 14.3. The molecule has 0 radical (unpaired) electrons. The van der Waals surface area contributed by atoms with Crippen molar-refractivity contribution in [3.05, 3.63) is 34.8 Å². The number of ether oxygens (including phenoxy) is 1. The molecule has 0 amide bonds. The van der Waals surface area contributed by atoms with E-state index < -0.39 is 0 Å². The Bertz CT molecular complexity index is 817. The quantitative estimate of drug-likeness (QED) is 0.751. The summed E-state index contributed by atoms with van der Waals surface area (Å²) in [7, 11) is 1.56. The Labute approximate surface area is 120 Å². The van der Waals surface area contributed by atoms with Gasteiger partial charge in [-0.15, -0.1) is 0 Å². The Hall–Kier alpha value is -2.15. The van der Waals surface area contributed by atoms with Crippen molar-refractivity contribution in [3.63, 3.8) is 0 Å². The second-order valence-electron chi connectivity index (χ2n) is 4.51. The highest BCUT2D eigenvalue weighted by molar-refractivity contribution is 7.71. The molecule has 0 fully saturated rings. The molecule has 3 rings (SSSR count). The van der Waals surface area contributed by atoms with Gasteiger partial charge in [0.15, 0.2) is 10.4 Å². The normalized spacial score (nSPS) is 12.8. The second kappa shape index (κ2) is 4.75. The van der Waals surface area contributed by atoms with Crippen LogP contribution in [0.2, 0.25) is 0 Å². The predicted molar refractivity (Wildman–Crippen MR) is 76.5 cm³/mol. The molecule has 6 nitrogen and oxygen atoms in total. The van der Waals surface area contributed by atoms with E-state index in [0.717, 1.165) is 11.5 Å². The lowest BCUT2D eigenvalue weighted by Gasteiger charge is -2.11. The molecule has 3 aromatic heterocycles. The highest BCUT2D eigenvalue weighted by Crippen LogP contribution is 2.27. The fourth-order valence-corrected chi connectivity index (χ4v) is 2.58. The highest BCUT2D eigenvalue weighted by atomic mass is 32.1. The van der Waals surface area contributed by atoms with Crippen LogP contribution in [0.5, 0.6) is 5.88 Å². The van der Waals surface area contributed by atoms with E-state index in [1.807, 2.05) is 30.5 Å². The van der Waals surface area contributed by atoms with E-state index in [1.54, 1.807) is 7.11 Å². The standard InChI is InChI=1S/C13H14N4O2S/c1-7-4-5-9(19-7)8(2)17-11-10(16-13(17)20)12(18-3)15-6-14-11/h4-6,8H,1-3H3,(H,16,20). The average Bonchev–Trinajstić information content (AvgIpc) is 3.00. The van der Waals surface area contributed by atoms with Crippen molar-refractivity contribution in [3.8, 4) is 5.88 Å². The second-order valence-corrected chi connectivity index (χ2v) is 4.89. The monoisotopic (exact) mass is 290 g/mol. The molecule has 0 saturated heterocycles. The van der Waals surface area contributed by atoms with Crippen LogP contribution < -0.4 is 4.74 Å². The van der Waals surface area contributed by atoms with Gasteiger partial charge >= 0.3 is 0 Å². The first-order valence-electron chi connectivity index (χ1n) is 6.17. The summed E-state index contributed by atoms with van der Waals surface area (Å²) in [5.41, 5.74) is 1.39. The minimum atomic E-state index is -0.0652. The van der Waals surface area contributed by atoms with Gasteiger partial charge in [0.25, 0.3) is 0 Å². The largest absolute Gasteiger partial charge is 0.479 e.